The lowest BCUT2D eigenvalue weighted by atomic mass is 10.1. The van der Waals surface area contributed by atoms with E-state index in [1.165, 1.54) is 6.07 Å². The van der Waals surface area contributed by atoms with Crippen molar-refractivity contribution in [2.75, 3.05) is 5.33 Å². The van der Waals surface area contributed by atoms with E-state index in [9.17, 15) is 8.42 Å². The number of halogens is 3. The highest BCUT2D eigenvalue weighted by Crippen LogP contribution is 2.34. The molecule has 1 heterocycles. The average Bonchev–Trinajstić information content (AvgIpc) is 2.56. The van der Waals surface area contributed by atoms with Crippen LogP contribution in [0.3, 0.4) is 0 Å². The van der Waals surface area contributed by atoms with Gasteiger partial charge in [-0.05, 0) is 18.9 Å². The Morgan fingerprint density at radius 1 is 1.47 bits per heavy atom. The highest BCUT2D eigenvalue weighted by Gasteiger charge is 2.24. The number of sulfonamides is 1. The molecule has 0 aliphatic rings. The molecule has 0 saturated carbocycles. The van der Waals surface area contributed by atoms with Crippen molar-refractivity contribution < 1.29 is 8.42 Å². The van der Waals surface area contributed by atoms with Gasteiger partial charge >= 0.3 is 0 Å². The van der Waals surface area contributed by atoms with E-state index >= 15 is 0 Å². The van der Waals surface area contributed by atoms with Crippen molar-refractivity contribution in [1.82, 2.24) is 4.72 Å². The second kappa shape index (κ2) is 6.21. The lowest BCUT2D eigenvalue weighted by Gasteiger charge is -2.18. The second-order valence-electron chi connectivity index (χ2n) is 3.73. The third-order valence-corrected chi connectivity index (χ3v) is 6.69. The molecule has 2 atom stereocenters. The summed E-state index contributed by atoms with van der Waals surface area (Å²) in [5.74, 6) is 0.178. The highest BCUT2D eigenvalue weighted by molar-refractivity contribution is 9.09. The van der Waals surface area contributed by atoms with Crippen LogP contribution in [0.1, 0.15) is 13.8 Å². The molecule has 0 amide bonds. The predicted octanol–water partition coefficient (Wildman–Crippen LogP) is 3.75. The molecule has 3 nitrogen and oxygen atoms in total. The molecule has 0 bridgehead atoms. The molecule has 98 valence electrons. The molecular weight excluding hydrogens is 369 g/mol. The van der Waals surface area contributed by atoms with Crippen LogP contribution in [0.2, 0.25) is 8.67 Å². The maximum absolute atomic E-state index is 12.0. The molecule has 1 aromatic heterocycles. The number of rotatable bonds is 5. The van der Waals surface area contributed by atoms with Gasteiger partial charge < -0.3 is 0 Å². The lowest BCUT2D eigenvalue weighted by molar-refractivity contribution is 0.484. The number of hydrogen-bond acceptors (Lipinski definition) is 3. The molecular formula is C9H12BrCl2NO2S2. The maximum atomic E-state index is 12.0. The zero-order chi connectivity index (χ0) is 13.2. The Hall–Kier alpha value is 0.670. The molecule has 0 aliphatic carbocycles. The summed E-state index contributed by atoms with van der Waals surface area (Å²) in [7, 11) is -3.60. The normalized spacial score (nSPS) is 15.8. The van der Waals surface area contributed by atoms with Crippen LogP contribution in [0.4, 0.5) is 0 Å². The summed E-state index contributed by atoms with van der Waals surface area (Å²) in [4.78, 5) is 0.0442. The van der Waals surface area contributed by atoms with Crippen molar-refractivity contribution in [3.8, 4) is 0 Å². The van der Waals surface area contributed by atoms with Gasteiger partial charge in [-0.1, -0.05) is 46.1 Å². The smallest absolute Gasteiger partial charge is 0.208 e. The van der Waals surface area contributed by atoms with Crippen molar-refractivity contribution in [3.63, 3.8) is 0 Å². The monoisotopic (exact) mass is 379 g/mol. The molecule has 2 unspecified atom stereocenters. The summed E-state index contributed by atoms with van der Waals surface area (Å²) in [6.07, 6.45) is 0. The van der Waals surface area contributed by atoms with E-state index in [4.69, 9.17) is 23.2 Å². The van der Waals surface area contributed by atoms with Crippen molar-refractivity contribution in [2.24, 2.45) is 5.92 Å². The summed E-state index contributed by atoms with van der Waals surface area (Å²) >= 11 is 15.9. The SMILES string of the molecule is CC(CBr)C(C)NS(=O)(=O)c1cc(Cl)sc1Cl. The van der Waals surface area contributed by atoms with Crippen LogP contribution in [0.5, 0.6) is 0 Å². The lowest BCUT2D eigenvalue weighted by Crippen LogP contribution is -2.37. The van der Waals surface area contributed by atoms with E-state index in [0.29, 0.717) is 4.34 Å². The summed E-state index contributed by atoms with van der Waals surface area (Å²) in [6, 6.07) is 1.18. The molecule has 0 saturated heterocycles. The van der Waals surface area contributed by atoms with Crippen LogP contribution in [-0.4, -0.2) is 19.8 Å². The molecule has 1 N–H and O–H groups in total. The Balaban J connectivity index is 2.93. The Morgan fingerprint density at radius 2 is 2.06 bits per heavy atom. The zero-order valence-electron chi connectivity index (χ0n) is 9.21. The topological polar surface area (TPSA) is 46.2 Å². The van der Waals surface area contributed by atoms with Gasteiger partial charge in [0.1, 0.15) is 9.23 Å². The summed E-state index contributed by atoms with van der Waals surface area (Å²) < 4.78 is 27.2. The van der Waals surface area contributed by atoms with Gasteiger partial charge in [0.2, 0.25) is 10.0 Å². The van der Waals surface area contributed by atoms with Gasteiger partial charge in [0, 0.05) is 11.4 Å². The first kappa shape index (κ1) is 15.7. The highest BCUT2D eigenvalue weighted by atomic mass is 79.9. The minimum absolute atomic E-state index is 0.0442. The zero-order valence-corrected chi connectivity index (χ0v) is 13.9. The molecule has 0 aromatic carbocycles. The molecule has 0 fully saturated rings. The van der Waals surface area contributed by atoms with Gasteiger partial charge in [-0.2, -0.15) is 0 Å². The third kappa shape index (κ3) is 4.08. The van der Waals surface area contributed by atoms with Gasteiger partial charge in [0.25, 0.3) is 0 Å². The number of alkyl halides is 1. The van der Waals surface area contributed by atoms with Crippen LogP contribution in [-0.2, 0) is 10.0 Å². The summed E-state index contributed by atoms with van der Waals surface area (Å²) in [5.41, 5.74) is 0. The van der Waals surface area contributed by atoms with E-state index in [1.54, 1.807) is 0 Å². The number of thiophene rings is 1. The molecule has 8 heteroatoms. The van der Waals surface area contributed by atoms with E-state index in [-0.39, 0.29) is 21.2 Å². The molecule has 0 radical (unpaired) electrons. The van der Waals surface area contributed by atoms with Crippen LogP contribution in [0.25, 0.3) is 0 Å². The standard InChI is InChI=1S/C9H12BrCl2NO2S2/c1-5(4-10)6(2)13-17(14,15)7-3-8(11)16-9(7)12/h3,5-6,13H,4H2,1-2H3. The summed E-state index contributed by atoms with van der Waals surface area (Å²) in [6.45, 7) is 3.76. The van der Waals surface area contributed by atoms with Crippen LogP contribution in [0.15, 0.2) is 11.0 Å². The average molecular weight is 381 g/mol. The molecule has 0 aliphatic heterocycles. The van der Waals surface area contributed by atoms with Gasteiger partial charge in [-0.3, -0.25) is 0 Å². The van der Waals surface area contributed by atoms with Crippen LogP contribution >= 0.6 is 50.5 Å². The van der Waals surface area contributed by atoms with Crippen LogP contribution in [0, 0.1) is 5.92 Å². The van der Waals surface area contributed by atoms with E-state index in [1.807, 2.05) is 13.8 Å². The third-order valence-electron chi connectivity index (χ3n) is 2.35. The molecule has 1 rings (SSSR count). The Bertz CT molecular complexity index is 489. The van der Waals surface area contributed by atoms with Gasteiger partial charge in [-0.25, -0.2) is 13.1 Å². The maximum Gasteiger partial charge on any atom is 0.243 e. The van der Waals surface area contributed by atoms with E-state index in [0.717, 1.165) is 16.7 Å². The molecule has 1 aromatic rings. The van der Waals surface area contributed by atoms with E-state index < -0.39 is 10.0 Å². The number of nitrogens with one attached hydrogen (secondary N) is 1. The van der Waals surface area contributed by atoms with E-state index in [2.05, 4.69) is 20.7 Å². The van der Waals surface area contributed by atoms with Crippen molar-refractivity contribution >= 4 is 60.5 Å². The van der Waals surface area contributed by atoms with Crippen LogP contribution < -0.4 is 4.72 Å². The van der Waals surface area contributed by atoms with Crippen molar-refractivity contribution in [2.45, 2.75) is 24.8 Å². The second-order valence-corrected chi connectivity index (χ2v) is 8.35. The van der Waals surface area contributed by atoms with Crippen molar-refractivity contribution in [3.05, 3.63) is 14.7 Å². The fourth-order valence-electron chi connectivity index (χ4n) is 1.07. The first-order valence-corrected chi connectivity index (χ1v) is 8.98. The van der Waals surface area contributed by atoms with Gasteiger partial charge in [0.15, 0.2) is 0 Å². The van der Waals surface area contributed by atoms with Crippen molar-refractivity contribution in [1.29, 1.82) is 0 Å². The number of hydrogen-bond donors (Lipinski definition) is 1. The molecule has 17 heavy (non-hydrogen) atoms. The van der Waals surface area contributed by atoms with Gasteiger partial charge in [0.05, 0.1) is 4.34 Å². The fourth-order valence-corrected chi connectivity index (χ4v) is 5.13. The van der Waals surface area contributed by atoms with Gasteiger partial charge in [-0.15, -0.1) is 11.3 Å². The minimum Gasteiger partial charge on any atom is -0.208 e. The Kier molecular flexibility index (Phi) is 5.75. The minimum atomic E-state index is -3.60. The predicted molar refractivity (Wildman–Crippen MR) is 77.1 cm³/mol. The first-order valence-electron chi connectivity index (χ1n) is 4.81. The molecule has 0 spiro atoms. The fraction of sp³-hybridized carbons (Fsp3) is 0.556. The largest absolute Gasteiger partial charge is 0.243 e. The first-order chi connectivity index (χ1) is 7.77. The Morgan fingerprint density at radius 3 is 2.47 bits per heavy atom. The quantitative estimate of drug-likeness (QED) is 0.790. The Labute approximate surface area is 124 Å². The summed E-state index contributed by atoms with van der Waals surface area (Å²) in [5, 5.41) is 0.717.